The number of hydrogen-bond acceptors (Lipinski definition) is 17. The van der Waals surface area contributed by atoms with E-state index in [1.807, 2.05) is 0 Å². The van der Waals surface area contributed by atoms with Gasteiger partial charge >= 0.3 is 13.5 Å². The summed E-state index contributed by atoms with van der Waals surface area (Å²) in [6.45, 7) is -0.176. The molecule has 234 valence electrons. The van der Waals surface area contributed by atoms with Crippen molar-refractivity contribution in [1.29, 1.82) is 0 Å². The first-order chi connectivity index (χ1) is 20.3. The molecule has 4 unspecified atom stereocenters. The zero-order valence-electron chi connectivity index (χ0n) is 22.8. The van der Waals surface area contributed by atoms with E-state index >= 15 is 0 Å². The number of aromatic nitrogens is 7. The number of hydrogen-bond donors (Lipinski definition) is 6. The van der Waals surface area contributed by atoms with E-state index in [9.17, 15) is 29.3 Å². The smallest absolute Gasteiger partial charge is 0.465 e. The van der Waals surface area contributed by atoms with E-state index < -0.39 is 74.4 Å². The lowest BCUT2D eigenvalue weighted by Gasteiger charge is -2.29. The molecule has 1 saturated heterocycles. The first kappa shape index (κ1) is 30.5. The largest absolute Gasteiger partial charge is 0.527 e. The van der Waals surface area contributed by atoms with Crippen molar-refractivity contribution in [3.8, 4) is 0 Å². The van der Waals surface area contributed by atoms with Gasteiger partial charge in [-0.05, 0) is 6.92 Å². The quantitative estimate of drug-likeness (QED) is 0.126. The Bertz CT molecular complexity index is 1720. The number of imidazole rings is 1. The Balaban J connectivity index is 1.35. The summed E-state index contributed by atoms with van der Waals surface area (Å²) in [6.07, 6.45) is -3.95. The second kappa shape index (κ2) is 11.3. The van der Waals surface area contributed by atoms with Gasteiger partial charge in [-0.15, -0.1) is 0 Å². The lowest BCUT2D eigenvalue weighted by molar-refractivity contribution is -0.0882. The van der Waals surface area contributed by atoms with E-state index in [1.165, 1.54) is 32.0 Å². The van der Waals surface area contributed by atoms with E-state index in [0.717, 1.165) is 10.9 Å². The first-order valence-electron chi connectivity index (χ1n) is 12.3. The minimum absolute atomic E-state index is 0.0392. The van der Waals surface area contributed by atoms with Crippen molar-refractivity contribution < 1.29 is 47.7 Å². The van der Waals surface area contributed by atoms with Crippen LogP contribution < -0.4 is 22.7 Å². The van der Waals surface area contributed by atoms with Crippen molar-refractivity contribution in [3.05, 3.63) is 45.0 Å². The molecule has 0 spiro atoms. The highest BCUT2D eigenvalue weighted by Gasteiger charge is 2.55. The highest BCUT2D eigenvalue weighted by atomic mass is 31.2. The van der Waals surface area contributed by atoms with E-state index in [0.29, 0.717) is 0 Å². The number of ether oxygens (including phenoxy) is 4. The van der Waals surface area contributed by atoms with Crippen molar-refractivity contribution in [2.45, 2.75) is 43.3 Å². The molecule has 22 heteroatoms. The first-order valence-corrected chi connectivity index (χ1v) is 13.8. The average molecular weight is 629 g/mol. The van der Waals surface area contributed by atoms with Gasteiger partial charge in [-0.1, -0.05) is 0 Å². The highest BCUT2D eigenvalue weighted by Crippen LogP contribution is 2.51. The molecule has 0 amide bonds. The minimum Gasteiger partial charge on any atom is -0.465 e. The summed E-state index contributed by atoms with van der Waals surface area (Å²) >= 11 is 0. The third kappa shape index (κ3) is 5.47. The minimum atomic E-state index is -5.04. The number of nitrogen functional groups attached to an aromatic ring is 2. The van der Waals surface area contributed by atoms with Crippen molar-refractivity contribution in [1.82, 2.24) is 34.1 Å². The number of aromatic amines is 1. The molecule has 3 aromatic heterocycles. The molecular formula is C21H28N9O12P. The van der Waals surface area contributed by atoms with Crippen LogP contribution in [0.15, 0.2) is 33.8 Å². The van der Waals surface area contributed by atoms with Gasteiger partial charge in [0.05, 0.1) is 12.9 Å². The number of fused-ring (bicyclic) bond motifs is 1. The number of nitrogens with one attached hydrogen (secondary N) is 1. The topological polar surface area (TPSA) is 297 Å². The fourth-order valence-corrected chi connectivity index (χ4v) is 5.62. The van der Waals surface area contributed by atoms with Crippen LogP contribution in [0.1, 0.15) is 19.4 Å². The van der Waals surface area contributed by atoms with Crippen LogP contribution in [0.4, 0.5) is 11.9 Å². The molecule has 2 aliphatic rings. The molecular weight excluding hydrogens is 601 g/mol. The van der Waals surface area contributed by atoms with Gasteiger partial charge in [0.1, 0.15) is 30.7 Å². The van der Waals surface area contributed by atoms with Gasteiger partial charge in [0.2, 0.25) is 18.1 Å². The van der Waals surface area contributed by atoms with Crippen LogP contribution in [0.25, 0.3) is 11.2 Å². The average Bonchev–Trinajstić information content (AvgIpc) is 3.58. The lowest BCUT2D eigenvalue weighted by atomic mass is 9.95. The van der Waals surface area contributed by atoms with Gasteiger partial charge in [-0.3, -0.25) is 23.8 Å². The lowest BCUT2D eigenvalue weighted by Crippen LogP contribution is -2.47. The summed E-state index contributed by atoms with van der Waals surface area (Å²) in [5.74, 6) is -1.27. The van der Waals surface area contributed by atoms with E-state index in [1.54, 1.807) is 0 Å². The fraction of sp³-hybridized carbons (Fsp3) is 0.524. The summed E-state index contributed by atoms with van der Waals surface area (Å²) in [6, 6.07) is 0. The Morgan fingerprint density at radius 2 is 1.86 bits per heavy atom. The molecule has 0 aromatic carbocycles. The second-order valence-corrected chi connectivity index (χ2v) is 10.9. The molecule has 0 saturated carbocycles. The molecule has 2 aliphatic heterocycles. The standard InChI is InChI=1S/C21H28N9O12P/c1-21(34)9(41-17(13(21)38-3)29-6-24-10-14(29)26-19(23)27-15(10)32)5-39-43(35,36)42-11-8(4-31)40-16(12(11)37-2)30-7-25-18(22)28-20(30)33/h6-7,9,12-13,16-17,31,34H,4-5H2,1-3H3,(H,35,36)(H2,22,28,33)(H3,23,26,27,32)/t9-,12?,13?,16-,17-,21?/m1/s1. The molecule has 43 heavy (non-hydrogen) atoms. The molecule has 7 atom stereocenters. The number of anilines is 2. The van der Waals surface area contributed by atoms with E-state index in [2.05, 4.69) is 24.9 Å². The van der Waals surface area contributed by atoms with Crippen molar-refractivity contribution in [2.75, 3.05) is 38.9 Å². The highest BCUT2D eigenvalue weighted by molar-refractivity contribution is 7.47. The predicted molar refractivity (Wildman–Crippen MR) is 140 cm³/mol. The summed E-state index contributed by atoms with van der Waals surface area (Å²) < 4.78 is 47.9. The number of methoxy groups -OCH3 is 2. The Kier molecular flexibility index (Phi) is 8.00. The Labute approximate surface area is 240 Å². The van der Waals surface area contributed by atoms with Crippen molar-refractivity contribution in [3.63, 3.8) is 0 Å². The Hall–Kier alpha value is -3.95. The summed E-state index contributed by atoms with van der Waals surface area (Å²) in [5.41, 5.74) is 7.77. The molecule has 0 radical (unpaired) electrons. The summed E-state index contributed by atoms with van der Waals surface area (Å²) in [4.78, 5) is 52.7. The molecule has 5 heterocycles. The van der Waals surface area contributed by atoms with Crippen LogP contribution in [-0.4, -0.2) is 101 Å². The van der Waals surface area contributed by atoms with Gasteiger partial charge in [0, 0.05) is 14.2 Å². The van der Waals surface area contributed by atoms with E-state index in [-0.39, 0.29) is 28.8 Å². The van der Waals surface area contributed by atoms with Crippen LogP contribution in [-0.2, 0) is 32.6 Å². The number of rotatable bonds is 10. The molecule has 21 nitrogen and oxygen atoms in total. The third-order valence-corrected chi connectivity index (χ3v) is 7.75. The Morgan fingerprint density at radius 3 is 2.51 bits per heavy atom. The van der Waals surface area contributed by atoms with Gasteiger partial charge in [-0.25, -0.2) is 23.9 Å². The van der Waals surface area contributed by atoms with Crippen LogP contribution >= 0.6 is 7.82 Å². The van der Waals surface area contributed by atoms with Gasteiger partial charge in [0.25, 0.3) is 5.56 Å². The number of phosphoric ester groups is 1. The zero-order chi connectivity index (χ0) is 31.3. The maximum atomic E-state index is 13.1. The number of H-pyrrole nitrogens is 1. The summed E-state index contributed by atoms with van der Waals surface area (Å²) in [7, 11) is -2.55. The molecule has 8 N–H and O–H groups in total. The number of aliphatic hydroxyl groups excluding tert-OH is 1. The maximum absolute atomic E-state index is 13.1. The molecule has 0 aliphatic carbocycles. The van der Waals surface area contributed by atoms with Crippen molar-refractivity contribution >= 4 is 30.9 Å². The number of phosphoric acid groups is 1. The third-order valence-electron chi connectivity index (χ3n) is 6.84. The van der Waals surface area contributed by atoms with Crippen LogP contribution in [0.5, 0.6) is 0 Å². The van der Waals surface area contributed by atoms with Gasteiger partial charge in [-0.2, -0.15) is 9.97 Å². The van der Waals surface area contributed by atoms with Crippen LogP contribution in [0, 0.1) is 0 Å². The summed E-state index contributed by atoms with van der Waals surface area (Å²) in [5, 5.41) is 21.1. The fourth-order valence-electron chi connectivity index (χ4n) is 4.79. The monoisotopic (exact) mass is 629 g/mol. The van der Waals surface area contributed by atoms with Crippen molar-refractivity contribution in [2.24, 2.45) is 0 Å². The number of nitrogens with two attached hydrogens (primary N) is 2. The molecule has 1 fully saturated rings. The Morgan fingerprint density at radius 1 is 1.14 bits per heavy atom. The second-order valence-electron chi connectivity index (χ2n) is 9.54. The molecule has 5 rings (SSSR count). The molecule has 0 bridgehead atoms. The maximum Gasteiger partial charge on any atom is 0.527 e. The molecule has 3 aromatic rings. The SMILES string of the molecule is COC1C(OP(=O)(O)OC[C@H]2O[C@@H](n3cnc4c(=O)[nH]c(N)nc43)C(OC)C2(C)O)=C(CO)O[C@H]1n1cnc(N)nc1=O. The van der Waals surface area contributed by atoms with Crippen LogP contribution in [0.2, 0.25) is 0 Å². The van der Waals surface area contributed by atoms with Gasteiger partial charge in [0.15, 0.2) is 35.0 Å². The number of aliphatic hydroxyl groups is 2. The number of nitrogens with zero attached hydrogens (tertiary/aromatic N) is 6. The van der Waals surface area contributed by atoms with Crippen LogP contribution in [0.3, 0.4) is 0 Å². The zero-order valence-corrected chi connectivity index (χ0v) is 23.7. The van der Waals surface area contributed by atoms with Gasteiger partial charge < -0.3 is 45.2 Å². The normalized spacial score (nSPS) is 28.7. The predicted octanol–water partition coefficient (Wildman–Crippen LogP) is -2.52. The van der Waals surface area contributed by atoms with E-state index in [4.69, 9.17) is 39.5 Å².